The molecule has 2 unspecified atom stereocenters. The van der Waals surface area contributed by atoms with Crippen molar-refractivity contribution in [3.63, 3.8) is 0 Å². The van der Waals surface area contributed by atoms with Crippen LogP contribution in [0.3, 0.4) is 0 Å². The Labute approximate surface area is 135 Å². The van der Waals surface area contributed by atoms with Crippen LogP contribution < -0.4 is 0 Å². The number of rotatable bonds is 12. The molecule has 0 aliphatic rings. The highest BCUT2D eigenvalue weighted by molar-refractivity contribution is 5.56. The Kier molecular flexibility index (Phi) is 10.4. The lowest BCUT2D eigenvalue weighted by Gasteiger charge is -2.14. The van der Waals surface area contributed by atoms with E-state index in [0.29, 0.717) is 12.3 Å². The monoisotopic (exact) mass is 305 g/mol. The van der Waals surface area contributed by atoms with Crippen molar-refractivity contribution in [3.8, 4) is 0 Å². The van der Waals surface area contributed by atoms with E-state index in [0.717, 1.165) is 6.42 Å². The predicted octanol–water partition coefficient (Wildman–Crippen LogP) is 4.81. The maximum atomic E-state index is 9.73. The molecule has 0 bridgehead atoms. The van der Waals surface area contributed by atoms with Gasteiger partial charge in [-0.25, -0.2) is 0 Å². The maximum Gasteiger partial charge on any atom is 0.0593 e. The molecule has 1 aromatic rings. The second kappa shape index (κ2) is 12.2. The largest absolute Gasteiger partial charge is 0.411 e. The number of unbranched alkanes of at least 4 members (excludes halogenated alkanes) is 4. The van der Waals surface area contributed by atoms with E-state index in [1.807, 2.05) is 0 Å². The van der Waals surface area contributed by atoms with Crippen molar-refractivity contribution in [3.05, 3.63) is 35.9 Å². The molecule has 0 spiro atoms. The van der Waals surface area contributed by atoms with Crippen molar-refractivity contribution in [2.75, 3.05) is 0 Å². The summed E-state index contributed by atoms with van der Waals surface area (Å²) in [5, 5.41) is 21.0. The Morgan fingerprint density at radius 2 is 1.73 bits per heavy atom. The second-order valence-corrected chi connectivity index (χ2v) is 6.32. The summed E-state index contributed by atoms with van der Waals surface area (Å²) >= 11 is 0. The Morgan fingerprint density at radius 3 is 2.45 bits per heavy atom. The average Bonchev–Trinajstić information content (AvgIpc) is 2.53. The van der Waals surface area contributed by atoms with Gasteiger partial charge in [-0.2, -0.15) is 0 Å². The summed E-state index contributed by atoms with van der Waals surface area (Å²) in [5.41, 5.74) is 1.44. The normalized spacial score (nSPS) is 14.3. The van der Waals surface area contributed by atoms with Gasteiger partial charge in [-0.05, 0) is 30.7 Å². The van der Waals surface area contributed by atoms with Gasteiger partial charge in [0, 0.05) is 12.6 Å². The van der Waals surface area contributed by atoms with Gasteiger partial charge in [0.1, 0.15) is 0 Å². The number of aliphatic hydroxyl groups excluding tert-OH is 1. The molecule has 1 aromatic carbocycles. The van der Waals surface area contributed by atoms with Crippen LogP contribution in [0.15, 0.2) is 35.5 Å². The Bertz CT molecular complexity index is 392. The third-order valence-corrected chi connectivity index (χ3v) is 4.14. The van der Waals surface area contributed by atoms with Gasteiger partial charge in [-0.15, -0.1) is 5.16 Å². The molecule has 3 nitrogen and oxygen atoms in total. The highest BCUT2D eigenvalue weighted by atomic mass is 16.4. The fraction of sp³-hybridized carbons (Fsp3) is 0.632. The minimum absolute atomic E-state index is 0.378. The quantitative estimate of drug-likeness (QED) is 0.252. The number of oxime groups is 1. The number of hydrogen-bond acceptors (Lipinski definition) is 3. The average molecular weight is 305 g/mol. The molecule has 0 saturated heterocycles. The van der Waals surface area contributed by atoms with E-state index < -0.39 is 0 Å². The highest BCUT2D eigenvalue weighted by Gasteiger charge is 2.09. The zero-order valence-electron chi connectivity index (χ0n) is 13.8. The molecular weight excluding hydrogens is 274 g/mol. The minimum Gasteiger partial charge on any atom is -0.411 e. The van der Waals surface area contributed by atoms with E-state index in [9.17, 15) is 5.11 Å². The molecular formula is C19H31NO2. The first-order valence-electron chi connectivity index (χ1n) is 8.60. The minimum atomic E-state index is -0.378. The molecule has 0 amide bonds. The topological polar surface area (TPSA) is 52.8 Å². The summed E-state index contributed by atoms with van der Waals surface area (Å²) in [4.78, 5) is 0. The molecule has 2 atom stereocenters. The molecule has 0 aromatic heterocycles. The molecule has 0 radical (unpaired) electrons. The summed E-state index contributed by atoms with van der Waals surface area (Å²) < 4.78 is 0. The molecule has 1 rings (SSSR count). The summed E-state index contributed by atoms with van der Waals surface area (Å²) in [7, 11) is 0. The van der Waals surface area contributed by atoms with Gasteiger partial charge in [0.25, 0.3) is 0 Å². The van der Waals surface area contributed by atoms with Crippen LogP contribution in [0.2, 0.25) is 0 Å². The number of aliphatic hydroxyl groups is 1. The van der Waals surface area contributed by atoms with Crippen LogP contribution >= 0.6 is 0 Å². The highest BCUT2D eigenvalue weighted by Crippen LogP contribution is 2.17. The van der Waals surface area contributed by atoms with Gasteiger partial charge in [0.05, 0.1) is 6.10 Å². The first-order chi connectivity index (χ1) is 10.7. The molecule has 0 aliphatic heterocycles. The van der Waals surface area contributed by atoms with Gasteiger partial charge >= 0.3 is 0 Å². The maximum absolute atomic E-state index is 9.73. The van der Waals surface area contributed by atoms with Crippen molar-refractivity contribution in [1.29, 1.82) is 0 Å². The van der Waals surface area contributed by atoms with Crippen molar-refractivity contribution in [2.45, 2.75) is 70.8 Å². The summed E-state index contributed by atoms with van der Waals surface area (Å²) in [6, 6.07) is 10.7. The Balaban J connectivity index is 1.94. The molecule has 0 fully saturated rings. The molecule has 0 heterocycles. The van der Waals surface area contributed by atoms with E-state index in [2.05, 4.69) is 42.4 Å². The fourth-order valence-corrected chi connectivity index (χ4v) is 2.84. The van der Waals surface area contributed by atoms with Crippen molar-refractivity contribution < 1.29 is 10.3 Å². The molecule has 124 valence electrons. The lowest BCUT2D eigenvalue weighted by atomic mass is 9.95. The van der Waals surface area contributed by atoms with Crippen LogP contribution in [-0.4, -0.2) is 22.6 Å². The van der Waals surface area contributed by atoms with Crippen molar-refractivity contribution in [1.82, 2.24) is 0 Å². The van der Waals surface area contributed by atoms with Crippen LogP contribution in [0.1, 0.15) is 63.9 Å². The second-order valence-electron chi connectivity index (χ2n) is 6.32. The first-order valence-corrected chi connectivity index (χ1v) is 8.60. The Morgan fingerprint density at radius 1 is 1.05 bits per heavy atom. The van der Waals surface area contributed by atoms with Crippen LogP contribution in [0, 0.1) is 5.92 Å². The van der Waals surface area contributed by atoms with Gasteiger partial charge in [0.15, 0.2) is 0 Å². The van der Waals surface area contributed by atoms with Crippen LogP contribution in [0.5, 0.6) is 0 Å². The zero-order chi connectivity index (χ0) is 16.0. The van der Waals surface area contributed by atoms with Gasteiger partial charge in [0.2, 0.25) is 0 Å². The zero-order valence-corrected chi connectivity index (χ0v) is 13.8. The van der Waals surface area contributed by atoms with E-state index in [1.165, 1.54) is 56.7 Å². The lowest BCUT2D eigenvalue weighted by molar-refractivity contribution is 0.149. The van der Waals surface area contributed by atoms with Gasteiger partial charge < -0.3 is 10.3 Å². The third-order valence-electron chi connectivity index (χ3n) is 4.14. The predicted molar refractivity (Wildman–Crippen MR) is 92.5 cm³/mol. The molecule has 0 saturated carbocycles. The molecule has 2 N–H and O–H groups in total. The van der Waals surface area contributed by atoms with E-state index in [1.54, 1.807) is 0 Å². The van der Waals surface area contributed by atoms with E-state index in [-0.39, 0.29) is 6.10 Å². The van der Waals surface area contributed by atoms with Gasteiger partial charge in [-0.1, -0.05) is 69.4 Å². The van der Waals surface area contributed by atoms with Gasteiger partial charge in [-0.3, -0.25) is 0 Å². The molecule has 22 heavy (non-hydrogen) atoms. The SMILES string of the molecule is CC(CCCCCCCc1ccccc1)CC(O)CC=NO. The Hall–Kier alpha value is -1.35. The smallest absolute Gasteiger partial charge is 0.0593 e. The number of benzene rings is 1. The van der Waals surface area contributed by atoms with E-state index in [4.69, 9.17) is 5.21 Å². The first kappa shape index (κ1) is 18.7. The van der Waals surface area contributed by atoms with E-state index >= 15 is 0 Å². The number of nitrogens with zero attached hydrogens (tertiary/aromatic N) is 1. The molecule has 0 aliphatic carbocycles. The summed E-state index contributed by atoms with van der Waals surface area (Å²) in [5.74, 6) is 0.534. The van der Waals surface area contributed by atoms with Crippen LogP contribution in [-0.2, 0) is 6.42 Å². The lowest BCUT2D eigenvalue weighted by Crippen LogP contribution is -2.12. The molecule has 3 heteroatoms. The number of hydrogen-bond donors (Lipinski definition) is 2. The number of aryl methyl sites for hydroxylation is 1. The third kappa shape index (κ3) is 9.56. The fourth-order valence-electron chi connectivity index (χ4n) is 2.84. The van der Waals surface area contributed by atoms with Crippen molar-refractivity contribution in [2.24, 2.45) is 11.1 Å². The van der Waals surface area contributed by atoms with Crippen molar-refractivity contribution >= 4 is 6.21 Å². The summed E-state index contributed by atoms with van der Waals surface area (Å²) in [6.45, 7) is 2.19. The summed E-state index contributed by atoms with van der Waals surface area (Å²) in [6.07, 6.45) is 11.0. The van der Waals surface area contributed by atoms with Crippen LogP contribution in [0.4, 0.5) is 0 Å². The standard InChI is InChI=1S/C19H31NO2/c1-17(16-19(21)14-15-20-22)10-6-3-2-4-7-11-18-12-8-5-9-13-18/h5,8-9,12-13,15,17,19,21-22H,2-4,6-7,10-11,14,16H2,1H3. The van der Waals surface area contributed by atoms with Crippen LogP contribution in [0.25, 0.3) is 0 Å².